The van der Waals surface area contributed by atoms with Gasteiger partial charge in [0, 0.05) is 12.5 Å². The summed E-state index contributed by atoms with van der Waals surface area (Å²) in [6.07, 6.45) is 9.90. The highest BCUT2D eigenvalue weighted by Crippen LogP contribution is 2.13. The Morgan fingerprint density at radius 2 is 2.00 bits per heavy atom. The second-order valence-corrected chi connectivity index (χ2v) is 3.73. The van der Waals surface area contributed by atoms with Crippen molar-refractivity contribution in [2.24, 2.45) is 5.92 Å². The average molecular weight is 181 g/mol. The predicted molar refractivity (Wildman–Crippen MR) is 59.6 cm³/mol. The van der Waals surface area contributed by atoms with E-state index in [0.717, 1.165) is 13.0 Å². The van der Waals surface area contributed by atoms with Crippen LogP contribution in [0.15, 0.2) is 0 Å². The highest BCUT2D eigenvalue weighted by molar-refractivity contribution is 4.91. The normalized spacial score (nSPS) is 14.9. The summed E-state index contributed by atoms with van der Waals surface area (Å²) in [5.74, 6) is 3.45. The van der Waals surface area contributed by atoms with E-state index >= 15 is 0 Å². The van der Waals surface area contributed by atoms with Gasteiger partial charge in [0.1, 0.15) is 0 Å². The standard InChI is InChI=1S/C12H23N/c1-5-8-11(4)12(9-6-2)13-10-7-3/h2,11-13H,5,7-10H2,1,3-4H3. The summed E-state index contributed by atoms with van der Waals surface area (Å²) in [4.78, 5) is 0. The third-order valence-corrected chi connectivity index (χ3v) is 2.43. The Bertz CT molecular complexity index is 146. The van der Waals surface area contributed by atoms with Crippen molar-refractivity contribution in [3.8, 4) is 12.3 Å². The molecule has 0 aromatic heterocycles. The minimum absolute atomic E-state index is 0.518. The third kappa shape index (κ3) is 5.71. The lowest BCUT2D eigenvalue weighted by Gasteiger charge is -2.22. The SMILES string of the molecule is C#CCC(NCCC)C(C)CCC. The highest BCUT2D eigenvalue weighted by atomic mass is 14.9. The van der Waals surface area contributed by atoms with Gasteiger partial charge in [-0.25, -0.2) is 0 Å². The molecule has 0 amide bonds. The molecule has 0 radical (unpaired) electrons. The summed E-state index contributed by atoms with van der Waals surface area (Å²) < 4.78 is 0. The van der Waals surface area contributed by atoms with Crippen LogP contribution >= 0.6 is 0 Å². The molecule has 0 bridgehead atoms. The zero-order valence-electron chi connectivity index (χ0n) is 9.27. The van der Waals surface area contributed by atoms with Gasteiger partial charge < -0.3 is 5.32 Å². The monoisotopic (exact) mass is 181 g/mol. The number of nitrogens with one attached hydrogen (secondary N) is 1. The minimum atomic E-state index is 0.518. The van der Waals surface area contributed by atoms with Crippen molar-refractivity contribution in [1.29, 1.82) is 0 Å². The molecule has 0 aromatic carbocycles. The fourth-order valence-electron chi connectivity index (χ4n) is 1.59. The molecule has 0 heterocycles. The first-order chi connectivity index (χ1) is 6.26. The lowest BCUT2D eigenvalue weighted by molar-refractivity contribution is 0.359. The second-order valence-electron chi connectivity index (χ2n) is 3.73. The van der Waals surface area contributed by atoms with Gasteiger partial charge in [-0.2, -0.15) is 0 Å². The molecular weight excluding hydrogens is 158 g/mol. The van der Waals surface area contributed by atoms with Crippen molar-refractivity contribution >= 4 is 0 Å². The van der Waals surface area contributed by atoms with Crippen LogP contribution in [0.25, 0.3) is 0 Å². The molecule has 1 heteroatoms. The van der Waals surface area contributed by atoms with Crippen molar-refractivity contribution < 1.29 is 0 Å². The molecule has 0 saturated heterocycles. The van der Waals surface area contributed by atoms with Crippen LogP contribution in [0.4, 0.5) is 0 Å². The quantitative estimate of drug-likeness (QED) is 0.596. The summed E-state index contributed by atoms with van der Waals surface area (Å²) in [6, 6.07) is 0.518. The van der Waals surface area contributed by atoms with Crippen molar-refractivity contribution in [3.05, 3.63) is 0 Å². The van der Waals surface area contributed by atoms with Crippen LogP contribution in [0, 0.1) is 18.3 Å². The molecule has 0 spiro atoms. The van der Waals surface area contributed by atoms with Gasteiger partial charge in [0.15, 0.2) is 0 Å². The Balaban J connectivity index is 3.84. The fraction of sp³-hybridized carbons (Fsp3) is 0.833. The van der Waals surface area contributed by atoms with Gasteiger partial charge in [-0.15, -0.1) is 12.3 Å². The first-order valence-electron chi connectivity index (χ1n) is 5.43. The summed E-state index contributed by atoms with van der Waals surface area (Å²) in [6.45, 7) is 7.78. The highest BCUT2D eigenvalue weighted by Gasteiger charge is 2.13. The molecule has 2 atom stereocenters. The molecule has 76 valence electrons. The van der Waals surface area contributed by atoms with E-state index in [1.165, 1.54) is 19.3 Å². The third-order valence-electron chi connectivity index (χ3n) is 2.43. The van der Waals surface area contributed by atoms with E-state index in [4.69, 9.17) is 6.42 Å². The first kappa shape index (κ1) is 12.5. The average Bonchev–Trinajstić information content (AvgIpc) is 2.12. The first-order valence-corrected chi connectivity index (χ1v) is 5.43. The van der Waals surface area contributed by atoms with Gasteiger partial charge in [-0.3, -0.25) is 0 Å². The molecule has 0 aliphatic heterocycles. The number of hydrogen-bond donors (Lipinski definition) is 1. The summed E-state index contributed by atoms with van der Waals surface area (Å²) in [7, 11) is 0. The predicted octanol–water partition coefficient (Wildman–Crippen LogP) is 2.81. The van der Waals surface area contributed by atoms with Gasteiger partial charge in [-0.1, -0.05) is 27.2 Å². The van der Waals surface area contributed by atoms with Crippen LogP contribution in [0.5, 0.6) is 0 Å². The summed E-state index contributed by atoms with van der Waals surface area (Å²) >= 11 is 0. The van der Waals surface area contributed by atoms with Crippen LogP contribution in [-0.4, -0.2) is 12.6 Å². The fourth-order valence-corrected chi connectivity index (χ4v) is 1.59. The second kappa shape index (κ2) is 8.13. The molecular formula is C12H23N. The van der Waals surface area contributed by atoms with Crippen LogP contribution in [0.3, 0.4) is 0 Å². The molecule has 2 unspecified atom stereocenters. The zero-order valence-corrected chi connectivity index (χ0v) is 9.27. The lowest BCUT2D eigenvalue weighted by Crippen LogP contribution is -2.35. The van der Waals surface area contributed by atoms with Crippen molar-refractivity contribution in [2.45, 2.75) is 52.5 Å². The molecule has 0 rings (SSSR count). The van der Waals surface area contributed by atoms with E-state index in [-0.39, 0.29) is 0 Å². The number of hydrogen-bond acceptors (Lipinski definition) is 1. The summed E-state index contributed by atoms with van der Waals surface area (Å²) in [5.41, 5.74) is 0. The number of rotatable bonds is 7. The van der Waals surface area contributed by atoms with E-state index in [0.29, 0.717) is 12.0 Å². The van der Waals surface area contributed by atoms with Gasteiger partial charge >= 0.3 is 0 Å². The van der Waals surface area contributed by atoms with Crippen molar-refractivity contribution in [2.75, 3.05) is 6.54 Å². The molecule has 1 nitrogen and oxygen atoms in total. The Hall–Kier alpha value is -0.480. The largest absolute Gasteiger partial charge is 0.313 e. The zero-order chi connectivity index (χ0) is 10.1. The maximum absolute atomic E-state index is 5.35. The Morgan fingerprint density at radius 1 is 1.31 bits per heavy atom. The maximum Gasteiger partial charge on any atom is 0.0243 e. The Morgan fingerprint density at radius 3 is 2.46 bits per heavy atom. The van der Waals surface area contributed by atoms with Crippen LogP contribution in [-0.2, 0) is 0 Å². The van der Waals surface area contributed by atoms with E-state index in [1.54, 1.807) is 0 Å². The molecule has 0 aromatic rings. The van der Waals surface area contributed by atoms with E-state index < -0.39 is 0 Å². The van der Waals surface area contributed by atoms with Gasteiger partial charge in [0.25, 0.3) is 0 Å². The summed E-state index contributed by atoms with van der Waals surface area (Å²) in [5, 5.41) is 3.51. The smallest absolute Gasteiger partial charge is 0.0243 e. The molecule has 0 aliphatic carbocycles. The van der Waals surface area contributed by atoms with Crippen LogP contribution in [0.1, 0.15) is 46.5 Å². The van der Waals surface area contributed by atoms with E-state index in [2.05, 4.69) is 32.0 Å². The lowest BCUT2D eigenvalue weighted by atomic mass is 9.94. The van der Waals surface area contributed by atoms with Gasteiger partial charge in [-0.05, 0) is 25.3 Å². The molecule has 1 N–H and O–H groups in total. The van der Waals surface area contributed by atoms with Gasteiger partial charge in [0.05, 0.1) is 0 Å². The van der Waals surface area contributed by atoms with Crippen molar-refractivity contribution in [1.82, 2.24) is 5.32 Å². The molecule has 0 aliphatic rings. The number of terminal acetylenes is 1. The van der Waals surface area contributed by atoms with Crippen LogP contribution < -0.4 is 5.32 Å². The Labute approximate surface area is 83.3 Å². The molecule has 13 heavy (non-hydrogen) atoms. The van der Waals surface area contributed by atoms with E-state index in [9.17, 15) is 0 Å². The van der Waals surface area contributed by atoms with Gasteiger partial charge in [0.2, 0.25) is 0 Å². The molecule has 0 saturated carbocycles. The Kier molecular flexibility index (Phi) is 7.83. The van der Waals surface area contributed by atoms with E-state index in [1.807, 2.05) is 0 Å². The molecule has 0 fully saturated rings. The minimum Gasteiger partial charge on any atom is -0.313 e. The maximum atomic E-state index is 5.35. The van der Waals surface area contributed by atoms with Crippen LogP contribution in [0.2, 0.25) is 0 Å². The topological polar surface area (TPSA) is 12.0 Å². The van der Waals surface area contributed by atoms with Crippen molar-refractivity contribution in [3.63, 3.8) is 0 Å².